The number of hydrogen-bond acceptors (Lipinski definition) is 3. The first kappa shape index (κ1) is 18.6. The van der Waals surface area contributed by atoms with Crippen LogP contribution in [-0.2, 0) is 13.2 Å². The van der Waals surface area contributed by atoms with Gasteiger partial charge in [0.05, 0.1) is 11.6 Å². The van der Waals surface area contributed by atoms with Gasteiger partial charge in [-0.3, -0.25) is 0 Å². The van der Waals surface area contributed by atoms with E-state index in [9.17, 15) is 0 Å². The standard InChI is InChI=1S/C20H26ClNO2/c1-4-15(3)22-13-17-11-18(21)20(19(12-17)23-5-2)24-14-16-9-7-6-8-10-16/h6-12,15,22H,4-5,13-14H2,1-3H3/t15-/m1/s1. The number of ether oxygens (including phenoxy) is 2. The first-order chi connectivity index (χ1) is 11.6. The molecule has 24 heavy (non-hydrogen) atoms. The molecule has 0 saturated heterocycles. The van der Waals surface area contributed by atoms with Gasteiger partial charge in [-0.25, -0.2) is 0 Å². The molecular weight excluding hydrogens is 322 g/mol. The second kappa shape index (κ2) is 9.55. The number of nitrogens with one attached hydrogen (secondary N) is 1. The molecule has 0 spiro atoms. The van der Waals surface area contributed by atoms with E-state index in [1.807, 2.05) is 49.4 Å². The van der Waals surface area contributed by atoms with Crippen LogP contribution in [0.1, 0.15) is 38.3 Å². The summed E-state index contributed by atoms with van der Waals surface area (Å²) in [7, 11) is 0. The zero-order valence-electron chi connectivity index (χ0n) is 14.6. The van der Waals surface area contributed by atoms with E-state index >= 15 is 0 Å². The fourth-order valence-corrected chi connectivity index (χ4v) is 2.58. The van der Waals surface area contributed by atoms with Gasteiger partial charge in [0.2, 0.25) is 0 Å². The topological polar surface area (TPSA) is 30.5 Å². The lowest BCUT2D eigenvalue weighted by atomic mass is 10.1. The third-order valence-electron chi connectivity index (χ3n) is 3.86. The fourth-order valence-electron chi connectivity index (χ4n) is 2.29. The highest BCUT2D eigenvalue weighted by molar-refractivity contribution is 6.32. The molecule has 0 amide bonds. The van der Waals surface area contributed by atoms with Gasteiger partial charge in [-0.1, -0.05) is 48.9 Å². The maximum atomic E-state index is 6.45. The number of rotatable bonds is 9. The van der Waals surface area contributed by atoms with Crippen molar-refractivity contribution in [2.75, 3.05) is 6.61 Å². The van der Waals surface area contributed by atoms with Crippen molar-refractivity contribution in [1.82, 2.24) is 5.32 Å². The molecule has 0 fully saturated rings. The Morgan fingerprint density at radius 2 is 1.79 bits per heavy atom. The van der Waals surface area contributed by atoms with Gasteiger partial charge in [0, 0.05) is 12.6 Å². The lowest BCUT2D eigenvalue weighted by Gasteiger charge is -2.17. The van der Waals surface area contributed by atoms with Crippen LogP contribution in [0, 0.1) is 0 Å². The lowest BCUT2D eigenvalue weighted by Crippen LogP contribution is -2.24. The Morgan fingerprint density at radius 3 is 2.46 bits per heavy atom. The second-order valence-electron chi connectivity index (χ2n) is 5.80. The van der Waals surface area contributed by atoms with Crippen molar-refractivity contribution in [2.45, 2.75) is 46.4 Å². The minimum Gasteiger partial charge on any atom is -0.490 e. The average Bonchev–Trinajstić information content (AvgIpc) is 2.60. The van der Waals surface area contributed by atoms with Crippen LogP contribution in [0.25, 0.3) is 0 Å². The Labute approximate surface area is 149 Å². The molecule has 0 aliphatic carbocycles. The smallest absolute Gasteiger partial charge is 0.180 e. The van der Waals surface area contributed by atoms with Crippen LogP contribution in [0.3, 0.4) is 0 Å². The van der Waals surface area contributed by atoms with Crippen molar-refractivity contribution in [3.8, 4) is 11.5 Å². The summed E-state index contributed by atoms with van der Waals surface area (Å²) in [5.74, 6) is 1.30. The molecule has 2 aromatic carbocycles. The van der Waals surface area contributed by atoms with Crippen molar-refractivity contribution in [2.24, 2.45) is 0 Å². The zero-order valence-corrected chi connectivity index (χ0v) is 15.4. The van der Waals surface area contributed by atoms with E-state index in [1.54, 1.807) is 0 Å². The first-order valence-corrected chi connectivity index (χ1v) is 8.87. The van der Waals surface area contributed by atoms with Gasteiger partial charge in [-0.05, 0) is 43.5 Å². The van der Waals surface area contributed by atoms with E-state index in [2.05, 4.69) is 19.2 Å². The van der Waals surface area contributed by atoms with Gasteiger partial charge in [-0.15, -0.1) is 0 Å². The molecule has 2 aromatic rings. The molecule has 0 unspecified atom stereocenters. The summed E-state index contributed by atoms with van der Waals surface area (Å²) < 4.78 is 11.7. The van der Waals surface area contributed by atoms with E-state index in [-0.39, 0.29) is 0 Å². The summed E-state index contributed by atoms with van der Waals surface area (Å²) >= 11 is 6.45. The average molecular weight is 348 g/mol. The highest BCUT2D eigenvalue weighted by Crippen LogP contribution is 2.37. The Bertz CT molecular complexity index is 631. The summed E-state index contributed by atoms with van der Waals surface area (Å²) in [4.78, 5) is 0. The van der Waals surface area contributed by atoms with Crippen LogP contribution < -0.4 is 14.8 Å². The fraction of sp³-hybridized carbons (Fsp3) is 0.400. The van der Waals surface area contributed by atoms with Crippen molar-refractivity contribution in [3.05, 3.63) is 58.6 Å². The van der Waals surface area contributed by atoms with E-state index < -0.39 is 0 Å². The molecule has 0 saturated carbocycles. The van der Waals surface area contributed by atoms with Crippen LogP contribution in [0.4, 0.5) is 0 Å². The molecule has 2 rings (SSSR count). The van der Waals surface area contributed by atoms with Gasteiger partial charge >= 0.3 is 0 Å². The molecule has 0 bridgehead atoms. The Kier molecular flexibility index (Phi) is 7.41. The van der Waals surface area contributed by atoms with Gasteiger partial charge in [0.15, 0.2) is 11.5 Å². The largest absolute Gasteiger partial charge is 0.490 e. The molecule has 0 aliphatic heterocycles. The Hall–Kier alpha value is -1.71. The minimum absolute atomic E-state index is 0.463. The van der Waals surface area contributed by atoms with Crippen molar-refractivity contribution in [3.63, 3.8) is 0 Å². The number of benzene rings is 2. The molecular formula is C20H26ClNO2. The minimum atomic E-state index is 0.463. The van der Waals surface area contributed by atoms with Gasteiger partial charge in [-0.2, -0.15) is 0 Å². The molecule has 1 atom stereocenters. The van der Waals surface area contributed by atoms with Crippen LogP contribution >= 0.6 is 11.6 Å². The predicted molar refractivity (Wildman–Crippen MR) is 100.0 cm³/mol. The molecule has 130 valence electrons. The van der Waals surface area contributed by atoms with Crippen LogP contribution in [0.5, 0.6) is 11.5 Å². The quantitative estimate of drug-likeness (QED) is 0.675. The molecule has 0 aromatic heterocycles. The summed E-state index contributed by atoms with van der Waals surface area (Å²) in [5, 5.41) is 4.05. The van der Waals surface area contributed by atoms with Crippen molar-refractivity contribution >= 4 is 11.6 Å². The molecule has 1 N–H and O–H groups in total. The third kappa shape index (κ3) is 5.43. The highest BCUT2D eigenvalue weighted by atomic mass is 35.5. The van der Waals surface area contributed by atoms with Gasteiger partial charge in [0.25, 0.3) is 0 Å². The van der Waals surface area contributed by atoms with E-state index in [1.165, 1.54) is 0 Å². The first-order valence-electron chi connectivity index (χ1n) is 8.49. The number of hydrogen-bond donors (Lipinski definition) is 1. The van der Waals surface area contributed by atoms with E-state index in [4.69, 9.17) is 21.1 Å². The van der Waals surface area contributed by atoms with Crippen molar-refractivity contribution in [1.29, 1.82) is 0 Å². The summed E-state index contributed by atoms with van der Waals surface area (Å²) in [5.41, 5.74) is 2.19. The van der Waals surface area contributed by atoms with Crippen molar-refractivity contribution < 1.29 is 9.47 Å². The molecule has 0 heterocycles. The maximum Gasteiger partial charge on any atom is 0.180 e. The lowest BCUT2D eigenvalue weighted by molar-refractivity contribution is 0.269. The van der Waals surface area contributed by atoms with Crippen LogP contribution in [0.2, 0.25) is 5.02 Å². The predicted octanol–water partition coefficient (Wildman–Crippen LogP) is 5.21. The molecule has 3 nitrogen and oxygen atoms in total. The SMILES string of the molecule is CCOc1cc(CN[C@H](C)CC)cc(Cl)c1OCc1ccccc1. The Balaban J connectivity index is 2.14. The molecule has 4 heteroatoms. The van der Waals surface area contributed by atoms with Gasteiger partial charge < -0.3 is 14.8 Å². The van der Waals surface area contributed by atoms with E-state index in [0.717, 1.165) is 24.1 Å². The zero-order chi connectivity index (χ0) is 17.4. The molecule has 0 aliphatic rings. The maximum absolute atomic E-state index is 6.45. The molecule has 0 radical (unpaired) electrons. The van der Waals surface area contributed by atoms with Crippen LogP contribution in [0.15, 0.2) is 42.5 Å². The monoisotopic (exact) mass is 347 g/mol. The Morgan fingerprint density at radius 1 is 1.04 bits per heavy atom. The summed E-state index contributed by atoms with van der Waals surface area (Å²) in [6.45, 7) is 8.08. The van der Waals surface area contributed by atoms with Gasteiger partial charge in [0.1, 0.15) is 6.61 Å². The number of halogens is 1. The summed E-state index contributed by atoms with van der Waals surface area (Å²) in [6, 6.07) is 14.4. The third-order valence-corrected chi connectivity index (χ3v) is 4.14. The van der Waals surface area contributed by atoms with Crippen LogP contribution in [-0.4, -0.2) is 12.6 Å². The van der Waals surface area contributed by atoms with E-state index in [0.29, 0.717) is 35.8 Å². The highest BCUT2D eigenvalue weighted by Gasteiger charge is 2.13. The summed E-state index contributed by atoms with van der Waals surface area (Å²) in [6.07, 6.45) is 1.09. The normalized spacial score (nSPS) is 12.0. The second-order valence-corrected chi connectivity index (χ2v) is 6.21.